The third kappa shape index (κ3) is 2.81. The normalized spacial score (nSPS) is 24.0. The van der Waals surface area contributed by atoms with Crippen molar-refractivity contribution in [2.45, 2.75) is 39.3 Å². The number of aromatic nitrogens is 1. The molecule has 1 aliphatic rings. The molecule has 110 valence electrons. The van der Waals surface area contributed by atoms with E-state index in [0.29, 0.717) is 12.2 Å². The maximum Gasteiger partial charge on any atom is 0.255 e. The highest BCUT2D eigenvalue weighted by Gasteiger charge is 2.49. The van der Waals surface area contributed by atoms with Crippen LogP contribution in [-0.2, 0) is 4.74 Å². The van der Waals surface area contributed by atoms with Crippen LogP contribution in [-0.4, -0.2) is 29.6 Å². The molecule has 1 fully saturated rings. The maximum absolute atomic E-state index is 12.3. The van der Waals surface area contributed by atoms with Crippen molar-refractivity contribution in [3.05, 3.63) is 22.3 Å². The van der Waals surface area contributed by atoms with E-state index in [-0.39, 0.29) is 29.3 Å². The summed E-state index contributed by atoms with van der Waals surface area (Å²) in [6.07, 6.45) is 2.59. The molecule has 1 aromatic rings. The van der Waals surface area contributed by atoms with Crippen molar-refractivity contribution >= 4 is 27.7 Å². The van der Waals surface area contributed by atoms with E-state index in [4.69, 9.17) is 10.5 Å². The van der Waals surface area contributed by atoms with E-state index in [2.05, 4.69) is 40.1 Å². The SMILES string of the molecule is CCOC1CC(NC(=O)c2cc(Br)cnc2N)C1(C)C. The summed E-state index contributed by atoms with van der Waals surface area (Å²) in [6, 6.07) is 1.77. The quantitative estimate of drug-likeness (QED) is 0.881. The summed E-state index contributed by atoms with van der Waals surface area (Å²) < 4.78 is 6.39. The van der Waals surface area contributed by atoms with Crippen LogP contribution in [0.15, 0.2) is 16.7 Å². The summed E-state index contributed by atoms with van der Waals surface area (Å²) in [4.78, 5) is 16.3. The molecule has 0 aromatic carbocycles. The van der Waals surface area contributed by atoms with E-state index >= 15 is 0 Å². The van der Waals surface area contributed by atoms with Gasteiger partial charge in [-0.25, -0.2) is 4.98 Å². The molecule has 3 N–H and O–H groups in total. The van der Waals surface area contributed by atoms with Crippen LogP contribution in [0.5, 0.6) is 0 Å². The van der Waals surface area contributed by atoms with Crippen LogP contribution >= 0.6 is 15.9 Å². The van der Waals surface area contributed by atoms with Crippen LogP contribution < -0.4 is 11.1 Å². The van der Waals surface area contributed by atoms with Gasteiger partial charge >= 0.3 is 0 Å². The van der Waals surface area contributed by atoms with Gasteiger partial charge in [-0.2, -0.15) is 0 Å². The highest BCUT2D eigenvalue weighted by Crippen LogP contribution is 2.42. The number of pyridine rings is 1. The van der Waals surface area contributed by atoms with E-state index < -0.39 is 0 Å². The molecular formula is C14H20BrN3O2. The van der Waals surface area contributed by atoms with E-state index in [1.54, 1.807) is 12.3 Å². The number of hydrogen-bond donors (Lipinski definition) is 2. The largest absolute Gasteiger partial charge is 0.383 e. The lowest BCUT2D eigenvalue weighted by Crippen LogP contribution is -2.62. The van der Waals surface area contributed by atoms with Crippen LogP contribution in [0.3, 0.4) is 0 Å². The number of carbonyl (C=O) groups excluding carboxylic acids is 1. The van der Waals surface area contributed by atoms with Crippen molar-refractivity contribution < 1.29 is 9.53 Å². The highest BCUT2D eigenvalue weighted by atomic mass is 79.9. The van der Waals surface area contributed by atoms with E-state index in [1.165, 1.54) is 0 Å². The second-order valence-electron chi connectivity index (χ2n) is 5.61. The van der Waals surface area contributed by atoms with Gasteiger partial charge in [0.15, 0.2) is 0 Å². The standard InChI is InChI=1S/C14H20BrN3O2/c1-4-20-11-6-10(14(11,2)3)18-13(19)9-5-8(15)7-17-12(9)16/h5,7,10-11H,4,6H2,1-3H3,(H2,16,17)(H,18,19). The first-order chi connectivity index (χ1) is 9.36. The van der Waals surface area contributed by atoms with Gasteiger partial charge in [0, 0.05) is 28.7 Å². The van der Waals surface area contributed by atoms with Gasteiger partial charge in [0.25, 0.3) is 5.91 Å². The molecular weight excluding hydrogens is 322 g/mol. The number of nitrogens with one attached hydrogen (secondary N) is 1. The summed E-state index contributed by atoms with van der Waals surface area (Å²) in [6.45, 7) is 6.88. The van der Waals surface area contributed by atoms with Crippen LogP contribution in [0.2, 0.25) is 0 Å². The Balaban J connectivity index is 2.05. The van der Waals surface area contributed by atoms with E-state index in [9.17, 15) is 4.79 Å². The third-order valence-electron chi connectivity index (χ3n) is 3.98. The number of nitrogens with two attached hydrogens (primary N) is 1. The fourth-order valence-electron chi connectivity index (χ4n) is 2.48. The lowest BCUT2D eigenvalue weighted by Gasteiger charge is -2.51. The number of carbonyl (C=O) groups is 1. The number of halogens is 1. The molecule has 1 heterocycles. The fourth-order valence-corrected chi connectivity index (χ4v) is 2.81. The summed E-state index contributed by atoms with van der Waals surface area (Å²) >= 11 is 3.30. The molecule has 2 unspecified atom stereocenters. The molecule has 2 rings (SSSR count). The Labute approximate surface area is 127 Å². The van der Waals surface area contributed by atoms with Crippen molar-refractivity contribution in [1.29, 1.82) is 0 Å². The molecule has 1 aliphatic carbocycles. The summed E-state index contributed by atoms with van der Waals surface area (Å²) in [5.74, 6) is 0.0495. The lowest BCUT2D eigenvalue weighted by molar-refractivity contribution is -0.111. The molecule has 0 aliphatic heterocycles. The van der Waals surface area contributed by atoms with Gasteiger partial charge in [0.05, 0.1) is 11.7 Å². The molecule has 1 amide bonds. The second kappa shape index (κ2) is 5.69. The molecule has 1 aromatic heterocycles. The van der Waals surface area contributed by atoms with Crippen molar-refractivity contribution in [3.63, 3.8) is 0 Å². The Morgan fingerprint density at radius 2 is 2.35 bits per heavy atom. The topological polar surface area (TPSA) is 77.2 Å². The van der Waals surface area contributed by atoms with Gasteiger partial charge in [0.1, 0.15) is 5.82 Å². The average molecular weight is 342 g/mol. The number of anilines is 1. The fraction of sp³-hybridized carbons (Fsp3) is 0.571. The van der Waals surface area contributed by atoms with Gasteiger partial charge in [-0.3, -0.25) is 4.79 Å². The number of nitrogens with zero attached hydrogens (tertiary/aromatic N) is 1. The van der Waals surface area contributed by atoms with Crippen LogP contribution in [0.25, 0.3) is 0 Å². The Morgan fingerprint density at radius 3 is 2.95 bits per heavy atom. The minimum absolute atomic E-state index is 0.0696. The highest BCUT2D eigenvalue weighted by molar-refractivity contribution is 9.10. The lowest BCUT2D eigenvalue weighted by atomic mass is 9.64. The monoisotopic (exact) mass is 341 g/mol. The third-order valence-corrected chi connectivity index (χ3v) is 4.41. The van der Waals surface area contributed by atoms with Gasteiger partial charge in [-0.05, 0) is 35.3 Å². The Kier molecular flexibility index (Phi) is 4.34. The maximum atomic E-state index is 12.3. The van der Waals surface area contributed by atoms with Gasteiger partial charge in [-0.1, -0.05) is 13.8 Å². The number of amides is 1. The molecule has 0 bridgehead atoms. The minimum Gasteiger partial charge on any atom is -0.383 e. The molecule has 0 radical (unpaired) electrons. The van der Waals surface area contributed by atoms with E-state index in [0.717, 1.165) is 10.9 Å². The Bertz CT molecular complexity index is 519. The van der Waals surface area contributed by atoms with Gasteiger partial charge < -0.3 is 15.8 Å². The zero-order valence-electron chi connectivity index (χ0n) is 11.9. The predicted octanol–water partition coefficient (Wildman–Crippen LogP) is 2.36. The van der Waals surface area contributed by atoms with Crippen molar-refractivity contribution in [3.8, 4) is 0 Å². The molecule has 6 heteroatoms. The van der Waals surface area contributed by atoms with Crippen molar-refractivity contribution in [2.75, 3.05) is 12.3 Å². The van der Waals surface area contributed by atoms with Crippen LogP contribution in [0, 0.1) is 5.41 Å². The summed E-state index contributed by atoms with van der Waals surface area (Å²) in [5.41, 5.74) is 6.08. The minimum atomic E-state index is -0.190. The number of nitrogen functional groups attached to an aromatic ring is 1. The first kappa shape index (κ1) is 15.3. The Morgan fingerprint density at radius 1 is 1.65 bits per heavy atom. The predicted molar refractivity (Wildman–Crippen MR) is 81.4 cm³/mol. The van der Waals surface area contributed by atoms with Crippen LogP contribution in [0.4, 0.5) is 5.82 Å². The molecule has 1 saturated carbocycles. The molecule has 0 spiro atoms. The van der Waals surface area contributed by atoms with Crippen molar-refractivity contribution in [1.82, 2.24) is 10.3 Å². The second-order valence-corrected chi connectivity index (χ2v) is 6.53. The van der Waals surface area contributed by atoms with Gasteiger partial charge in [-0.15, -0.1) is 0 Å². The zero-order chi connectivity index (χ0) is 14.9. The number of hydrogen-bond acceptors (Lipinski definition) is 4. The first-order valence-corrected chi connectivity index (χ1v) is 7.49. The van der Waals surface area contributed by atoms with Crippen molar-refractivity contribution in [2.24, 2.45) is 5.41 Å². The average Bonchev–Trinajstić information content (AvgIpc) is 2.40. The zero-order valence-corrected chi connectivity index (χ0v) is 13.5. The van der Waals surface area contributed by atoms with Crippen LogP contribution in [0.1, 0.15) is 37.6 Å². The van der Waals surface area contributed by atoms with Gasteiger partial charge in [0.2, 0.25) is 0 Å². The number of rotatable bonds is 4. The molecule has 5 nitrogen and oxygen atoms in total. The number of ether oxygens (including phenoxy) is 1. The molecule has 0 saturated heterocycles. The molecule has 2 atom stereocenters. The molecule has 20 heavy (non-hydrogen) atoms. The first-order valence-electron chi connectivity index (χ1n) is 6.69. The summed E-state index contributed by atoms with van der Waals surface area (Å²) in [7, 11) is 0. The van der Waals surface area contributed by atoms with E-state index in [1.807, 2.05) is 6.92 Å². The summed E-state index contributed by atoms with van der Waals surface area (Å²) in [5, 5.41) is 3.02. The smallest absolute Gasteiger partial charge is 0.255 e. The Hall–Kier alpha value is -1.14.